The summed E-state index contributed by atoms with van der Waals surface area (Å²) in [6, 6.07) is 13.6. The Labute approximate surface area is 208 Å². The summed E-state index contributed by atoms with van der Waals surface area (Å²) < 4.78 is 26.2. The Morgan fingerprint density at radius 2 is 1.97 bits per heavy atom. The minimum absolute atomic E-state index is 0.219. The molecule has 1 fully saturated rings. The third kappa shape index (κ3) is 4.76. The summed E-state index contributed by atoms with van der Waals surface area (Å²) in [6.07, 6.45) is 3.60. The van der Waals surface area contributed by atoms with E-state index in [1.165, 1.54) is 6.07 Å². The van der Waals surface area contributed by atoms with Crippen LogP contribution in [0.1, 0.15) is 23.2 Å². The van der Waals surface area contributed by atoms with Crippen LogP contribution in [-0.2, 0) is 4.74 Å². The predicted molar refractivity (Wildman–Crippen MR) is 135 cm³/mol. The van der Waals surface area contributed by atoms with Gasteiger partial charge in [-0.15, -0.1) is 0 Å². The van der Waals surface area contributed by atoms with Crippen molar-refractivity contribution in [2.24, 2.45) is 0 Å². The van der Waals surface area contributed by atoms with Gasteiger partial charge in [-0.25, -0.2) is 9.37 Å². The Morgan fingerprint density at radius 1 is 1.14 bits per heavy atom. The van der Waals surface area contributed by atoms with E-state index < -0.39 is 0 Å². The van der Waals surface area contributed by atoms with Gasteiger partial charge in [0, 0.05) is 32.1 Å². The Morgan fingerprint density at radius 3 is 2.71 bits per heavy atom. The molecule has 1 aromatic heterocycles. The number of ether oxygens (including phenoxy) is 2. The fourth-order valence-electron chi connectivity index (χ4n) is 4.60. The van der Waals surface area contributed by atoms with Crippen LogP contribution in [0.25, 0.3) is 0 Å². The summed E-state index contributed by atoms with van der Waals surface area (Å²) in [5.41, 5.74) is 1.96. The number of nitrogens with zero attached hydrogens (tertiary/aromatic N) is 3. The minimum atomic E-state index is -0.385. The molecule has 2 aliphatic heterocycles. The number of benzene rings is 2. The first-order valence-electron chi connectivity index (χ1n) is 11.6. The van der Waals surface area contributed by atoms with Gasteiger partial charge in [-0.3, -0.25) is 4.79 Å². The number of hydrogen-bond acceptors (Lipinski definition) is 6. The summed E-state index contributed by atoms with van der Waals surface area (Å²) in [5, 5.41) is 3.32. The number of pyridine rings is 1. The highest BCUT2D eigenvalue weighted by Gasteiger charge is 2.27. The van der Waals surface area contributed by atoms with Crippen LogP contribution in [0.3, 0.4) is 0 Å². The second-order valence-corrected chi connectivity index (χ2v) is 8.91. The van der Waals surface area contributed by atoms with Crippen molar-refractivity contribution in [1.29, 1.82) is 0 Å². The van der Waals surface area contributed by atoms with Crippen molar-refractivity contribution in [3.63, 3.8) is 0 Å². The van der Waals surface area contributed by atoms with Crippen LogP contribution in [-0.4, -0.2) is 50.3 Å². The summed E-state index contributed by atoms with van der Waals surface area (Å²) in [4.78, 5) is 21.5. The molecule has 0 unspecified atom stereocenters. The van der Waals surface area contributed by atoms with Crippen LogP contribution in [0.5, 0.6) is 5.75 Å². The Kier molecular flexibility index (Phi) is 6.74. The third-order valence-corrected chi connectivity index (χ3v) is 6.70. The van der Waals surface area contributed by atoms with E-state index in [2.05, 4.69) is 10.3 Å². The van der Waals surface area contributed by atoms with Gasteiger partial charge < -0.3 is 24.6 Å². The van der Waals surface area contributed by atoms with Crippen LogP contribution in [0.15, 0.2) is 54.7 Å². The third-order valence-electron chi connectivity index (χ3n) is 6.41. The number of nitrogens with one attached hydrogen (secondary N) is 1. The number of carbonyl (C=O) groups is 1. The fraction of sp³-hybridized carbons (Fsp3) is 0.308. The Hall–Kier alpha value is -3.36. The maximum atomic E-state index is 14.9. The summed E-state index contributed by atoms with van der Waals surface area (Å²) >= 11 is 6.36. The molecular formula is C26H26ClFN4O3. The van der Waals surface area contributed by atoms with Gasteiger partial charge in [0.15, 0.2) is 11.6 Å². The molecule has 3 aromatic rings. The van der Waals surface area contributed by atoms with E-state index in [0.29, 0.717) is 52.4 Å². The van der Waals surface area contributed by atoms with Gasteiger partial charge >= 0.3 is 0 Å². The number of para-hydroxylation sites is 1. The summed E-state index contributed by atoms with van der Waals surface area (Å²) in [5.74, 6) is 0.282. The van der Waals surface area contributed by atoms with E-state index in [4.69, 9.17) is 21.1 Å². The molecule has 0 aliphatic carbocycles. The van der Waals surface area contributed by atoms with Crippen molar-refractivity contribution in [3.8, 4) is 5.75 Å². The van der Waals surface area contributed by atoms with Crippen molar-refractivity contribution in [1.82, 2.24) is 4.98 Å². The van der Waals surface area contributed by atoms with Gasteiger partial charge in [0.2, 0.25) is 0 Å². The quantitative estimate of drug-likeness (QED) is 0.519. The second kappa shape index (κ2) is 10.1. The van der Waals surface area contributed by atoms with Crippen molar-refractivity contribution in [2.75, 3.05) is 48.5 Å². The standard InChI is InChI=1S/C26H26ClFN4O3/c1-34-18-9-12-31(13-10-18)22-8-7-17(16-21(22)28)30-26(33)19-4-2-6-23-24(19)35-15-14-32(23)25-20(27)5-3-11-29-25/h2-8,11,16,18H,9-10,12-15H2,1H3,(H,30,33). The highest BCUT2D eigenvalue weighted by atomic mass is 35.5. The first-order valence-corrected chi connectivity index (χ1v) is 12.0. The lowest BCUT2D eigenvalue weighted by molar-refractivity contribution is 0.0818. The number of methoxy groups -OCH3 is 1. The number of amides is 1. The first-order chi connectivity index (χ1) is 17.0. The molecular weight excluding hydrogens is 471 g/mol. The number of rotatable bonds is 5. The Balaban J connectivity index is 1.35. The zero-order chi connectivity index (χ0) is 24.4. The van der Waals surface area contributed by atoms with Crippen molar-refractivity contribution < 1.29 is 18.7 Å². The molecule has 0 atom stereocenters. The molecule has 1 amide bonds. The number of aromatic nitrogens is 1. The van der Waals surface area contributed by atoms with Gasteiger partial charge in [-0.1, -0.05) is 17.7 Å². The second-order valence-electron chi connectivity index (χ2n) is 8.51. The Bertz CT molecular complexity index is 1230. The van der Waals surface area contributed by atoms with E-state index in [1.807, 2.05) is 15.9 Å². The number of piperidine rings is 1. The molecule has 0 spiro atoms. The van der Waals surface area contributed by atoms with Crippen LogP contribution in [0, 0.1) is 5.82 Å². The van der Waals surface area contributed by atoms with E-state index in [9.17, 15) is 9.18 Å². The molecule has 5 rings (SSSR count). The molecule has 0 radical (unpaired) electrons. The van der Waals surface area contributed by atoms with E-state index >= 15 is 0 Å². The van der Waals surface area contributed by atoms with E-state index in [1.54, 1.807) is 49.7 Å². The van der Waals surface area contributed by atoms with Gasteiger partial charge in [0.1, 0.15) is 12.4 Å². The van der Waals surface area contributed by atoms with Gasteiger partial charge in [0.25, 0.3) is 5.91 Å². The number of fused-ring (bicyclic) bond motifs is 1. The van der Waals surface area contributed by atoms with Crippen molar-refractivity contribution in [2.45, 2.75) is 18.9 Å². The lowest BCUT2D eigenvalue weighted by Crippen LogP contribution is -2.37. The molecule has 0 saturated carbocycles. The lowest BCUT2D eigenvalue weighted by atomic mass is 10.1. The SMILES string of the molecule is COC1CCN(c2ccc(NC(=O)c3cccc4c3OCCN4c3ncccc3Cl)cc2F)CC1. The lowest BCUT2D eigenvalue weighted by Gasteiger charge is -2.33. The van der Waals surface area contributed by atoms with Crippen LogP contribution in [0.2, 0.25) is 5.02 Å². The van der Waals surface area contributed by atoms with Crippen LogP contribution < -0.4 is 19.9 Å². The largest absolute Gasteiger partial charge is 0.489 e. The van der Waals surface area contributed by atoms with Crippen LogP contribution >= 0.6 is 11.6 Å². The molecule has 35 heavy (non-hydrogen) atoms. The zero-order valence-electron chi connectivity index (χ0n) is 19.3. The molecule has 182 valence electrons. The molecule has 9 heteroatoms. The first kappa shape index (κ1) is 23.4. The summed E-state index contributed by atoms with van der Waals surface area (Å²) in [6.45, 7) is 2.37. The maximum Gasteiger partial charge on any atom is 0.259 e. The monoisotopic (exact) mass is 496 g/mol. The average Bonchev–Trinajstić information content (AvgIpc) is 2.88. The van der Waals surface area contributed by atoms with Crippen molar-refractivity contribution >= 4 is 40.4 Å². The van der Waals surface area contributed by atoms with Gasteiger partial charge in [-0.05, 0) is 55.3 Å². The molecule has 2 aliphatic rings. The van der Waals surface area contributed by atoms with Gasteiger partial charge in [-0.2, -0.15) is 0 Å². The zero-order valence-corrected chi connectivity index (χ0v) is 20.1. The maximum absolute atomic E-state index is 14.9. The molecule has 3 heterocycles. The highest BCUT2D eigenvalue weighted by molar-refractivity contribution is 6.33. The topological polar surface area (TPSA) is 66.9 Å². The fourth-order valence-corrected chi connectivity index (χ4v) is 4.82. The van der Waals surface area contributed by atoms with Crippen LogP contribution in [0.4, 0.5) is 27.3 Å². The molecule has 2 aromatic carbocycles. The smallest absolute Gasteiger partial charge is 0.259 e. The van der Waals surface area contributed by atoms with Crippen molar-refractivity contribution in [3.05, 3.63) is 71.1 Å². The molecule has 1 N–H and O–H groups in total. The molecule has 7 nitrogen and oxygen atoms in total. The normalized spacial score (nSPS) is 16.0. The van der Waals surface area contributed by atoms with E-state index in [0.717, 1.165) is 25.9 Å². The molecule has 1 saturated heterocycles. The predicted octanol–water partition coefficient (Wildman–Crippen LogP) is 5.27. The number of hydrogen-bond donors (Lipinski definition) is 1. The minimum Gasteiger partial charge on any atom is -0.489 e. The molecule has 0 bridgehead atoms. The average molecular weight is 497 g/mol. The number of halogens is 2. The number of carbonyl (C=O) groups excluding carboxylic acids is 1. The summed E-state index contributed by atoms with van der Waals surface area (Å²) in [7, 11) is 1.71. The van der Waals surface area contributed by atoms with E-state index in [-0.39, 0.29) is 17.8 Å². The number of anilines is 4. The van der Waals surface area contributed by atoms with Gasteiger partial charge in [0.05, 0.1) is 34.6 Å². The highest BCUT2D eigenvalue weighted by Crippen LogP contribution is 2.40.